The van der Waals surface area contributed by atoms with E-state index in [1.165, 1.54) is 19.2 Å². The molecule has 0 aliphatic carbocycles. The van der Waals surface area contributed by atoms with Crippen LogP contribution in [0.3, 0.4) is 0 Å². The van der Waals surface area contributed by atoms with E-state index in [0.29, 0.717) is 23.7 Å². The third-order valence-corrected chi connectivity index (χ3v) is 3.08. The molecule has 128 valence electrons. The summed E-state index contributed by atoms with van der Waals surface area (Å²) in [6.07, 6.45) is 0.826. The van der Waals surface area contributed by atoms with Crippen LogP contribution in [0.15, 0.2) is 12.1 Å². The van der Waals surface area contributed by atoms with Crippen molar-refractivity contribution < 1.29 is 19.1 Å². The summed E-state index contributed by atoms with van der Waals surface area (Å²) >= 11 is 6.16. The molecule has 0 radical (unpaired) electrons. The van der Waals surface area contributed by atoms with Crippen molar-refractivity contribution in [2.75, 3.05) is 20.3 Å². The van der Waals surface area contributed by atoms with Gasteiger partial charge in [0.05, 0.1) is 25.3 Å². The Hall–Kier alpha value is -1.95. The van der Waals surface area contributed by atoms with Crippen LogP contribution in [0, 0.1) is 0 Å². The molecule has 23 heavy (non-hydrogen) atoms. The van der Waals surface area contributed by atoms with Crippen LogP contribution in [0.25, 0.3) is 0 Å². The van der Waals surface area contributed by atoms with Gasteiger partial charge in [-0.15, -0.1) is 0 Å². The summed E-state index contributed by atoms with van der Waals surface area (Å²) in [6, 6.07) is 3.04. The number of nitrogens with one attached hydrogen (secondary N) is 2. The Kier molecular flexibility index (Phi) is 7.68. The van der Waals surface area contributed by atoms with E-state index in [-0.39, 0.29) is 23.5 Å². The lowest BCUT2D eigenvalue weighted by molar-refractivity contribution is -0.120. The Morgan fingerprint density at radius 1 is 1.30 bits per heavy atom. The Morgan fingerprint density at radius 3 is 2.57 bits per heavy atom. The number of halogens is 1. The molecule has 0 unspecified atom stereocenters. The van der Waals surface area contributed by atoms with E-state index in [4.69, 9.17) is 21.1 Å². The van der Waals surface area contributed by atoms with Crippen molar-refractivity contribution in [2.45, 2.75) is 33.2 Å². The standard InChI is InChI=1S/C16H23ClN2O4/c1-5-6-23-15-12(17)7-11(8-13(15)22-4)16(21)18-9-14(20)19-10(2)3/h7-8,10H,5-6,9H2,1-4H3,(H,18,21)(H,19,20). The van der Waals surface area contributed by atoms with Gasteiger partial charge in [-0.3, -0.25) is 9.59 Å². The summed E-state index contributed by atoms with van der Waals surface area (Å²) in [7, 11) is 1.47. The van der Waals surface area contributed by atoms with Crippen LogP contribution in [0.1, 0.15) is 37.6 Å². The van der Waals surface area contributed by atoms with E-state index in [1.54, 1.807) is 0 Å². The average molecular weight is 343 g/mol. The lowest BCUT2D eigenvalue weighted by atomic mass is 10.2. The molecule has 1 rings (SSSR count). The Labute approximate surface area is 141 Å². The van der Waals surface area contributed by atoms with E-state index in [2.05, 4.69) is 10.6 Å². The number of hydrogen-bond acceptors (Lipinski definition) is 4. The second kappa shape index (κ2) is 9.25. The van der Waals surface area contributed by atoms with E-state index in [1.807, 2.05) is 20.8 Å². The first-order valence-corrected chi connectivity index (χ1v) is 7.84. The van der Waals surface area contributed by atoms with E-state index in [9.17, 15) is 9.59 Å². The fraction of sp³-hybridized carbons (Fsp3) is 0.500. The first-order valence-electron chi connectivity index (χ1n) is 7.46. The molecule has 6 nitrogen and oxygen atoms in total. The number of carbonyl (C=O) groups is 2. The van der Waals surface area contributed by atoms with Gasteiger partial charge in [-0.1, -0.05) is 18.5 Å². The van der Waals surface area contributed by atoms with Gasteiger partial charge in [0.25, 0.3) is 5.91 Å². The number of hydrogen-bond donors (Lipinski definition) is 2. The van der Waals surface area contributed by atoms with Crippen LogP contribution >= 0.6 is 11.6 Å². The van der Waals surface area contributed by atoms with Gasteiger partial charge in [0.15, 0.2) is 11.5 Å². The molecule has 0 spiro atoms. The lowest BCUT2D eigenvalue weighted by Crippen LogP contribution is -2.39. The Morgan fingerprint density at radius 2 is 2.00 bits per heavy atom. The van der Waals surface area contributed by atoms with Crippen molar-refractivity contribution in [3.63, 3.8) is 0 Å². The highest BCUT2D eigenvalue weighted by Gasteiger charge is 2.16. The topological polar surface area (TPSA) is 76.7 Å². The molecule has 0 saturated heterocycles. The van der Waals surface area contributed by atoms with E-state index >= 15 is 0 Å². The maximum atomic E-state index is 12.1. The number of rotatable bonds is 8. The number of methoxy groups -OCH3 is 1. The molecular formula is C16H23ClN2O4. The molecule has 0 atom stereocenters. The molecule has 2 N–H and O–H groups in total. The van der Waals surface area contributed by atoms with Crippen LogP contribution in [-0.2, 0) is 4.79 Å². The maximum absolute atomic E-state index is 12.1. The summed E-state index contributed by atoms with van der Waals surface area (Å²) in [5, 5.41) is 5.52. The second-order valence-corrected chi connectivity index (χ2v) is 5.65. The normalized spacial score (nSPS) is 10.3. The predicted molar refractivity (Wildman–Crippen MR) is 89.4 cm³/mol. The molecule has 1 aromatic rings. The van der Waals surface area contributed by atoms with Crippen molar-refractivity contribution in [2.24, 2.45) is 0 Å². The molecule has 0 aromatic heterocycles. The van der Waals surface area contributed by atoms with Gasteiger partial charge in [-0.05, 0) is 32.4 Å². The fourth-order valence-corrected chi connectivity index (χ4v) is 2.10. The molecule has 0 saturated carbocycles. The molecule has 7 heteroatoms. The minimum absolute atomic E-state index is 0.0175. The SMILES string of the molecule is CCCOc1c(Cl)cc(C(=O)NCC(=O)NC(C)C)cc1OC. The molecule has 0 aliphatic heterocycles. The van der Waals surface area contributed by atoms with Crippen molar-refractivity contribution >= 4 is 23.4 Å². The number of ether oxygens (including phenoxy) is 2. The van der Waals surface area contributed by atoms with Crippen LogP contribution in [0.2, 0.25) is 5.02 Å². The van der Waals surface area contributed by atoms with Gasteiger partial charge in [0.1, 0.15) is 0 Å². The highest BCUT2D eigenvalue weighted by atomic mass is 35.5. The maximum Gasteiger partial charge on any atom is 0.251 e. The van der Waals surface area contributed by atoms with Gasteiger partial charge in [0.2, 0.25) is 5.91 Å². The smallest absolute Gasteiger partial charge is 0.251 e. The highest BCUT2D eigenvalue weighted by Crippen LogP contribution is 2.36. The monoisotopic (exact) mass is 342 g/mol. The third-order valence-electron chi connectivity index (χ3n) is 2.80. The molecule has 0 fully saturated rings. The van der Waals surface area contributed by atoms with Crippen LogP contribution in [-0.4, -0.2) is 38.1 Å². The number of benzene rings is 1. The largest absolute Gasteiger partial charge is 0.493 e. The van der Waals surface area contributed by atoms with Crippen LogP contribution in [0.4, 0.5) is 0 Å². The molecule has 0 bridgehead atoms. The fourth-order valence-electron chi connectivity index (χ4n) is 1.83. The molecule has 1 aromatic carbocycles. The molecule has 0 aliphatic rings. The van der Waals surface area contributed by atoms with Gasteiger partial charge < -0.3 is 20.1 Å². The first-order chi connectivity index (χ1) is 10.9. The zero-order chi connectivity index (χ0) is 17.4. The second-order valence-electron chi connectivity index (χ2n) is 5.24. The van der Waals surface area contributed by atoms with Crippen molar-refractivity contribution in [3.8, 4) is 11.5 Å². The number of amides is 2. The molecule has 2 amide bonds. The molecule has 0 heterocycles. The zero-order valence-electron chi connectivity index (χ0n) is 13.9. The Balaban J connectivity index is 2.81. The summed E-state index contributed by atoms with van der Waals surface area (Å²) in [6.45, 7) is 6.06. The summed E-state index contributed by atoms with van der Waals surface area (Å²) < 4.78 is 10.8. The summed E-state index contributed by atoms with van der Waals surface area (Å²) in [5.41, 5.74) is 0.299. The minimum Gasteiger partial charge on any atom is -0.493 e. The van der Waals surface area contributed by atoms with Gasteiger partial charge >= 0.3 is 0 Å². The zero-order valence-corrected chi connectivity index (χ0v) is 14.6. The Bertz CT molecular complexity index is 561. The van der Waals surface area contributed by atoms with E-state index < -0.39 is 5.91 Å². The quantitative estimate of drug-likeness (QED) is 0.760. The predicted octanol–water partition coefficient (Wildman–Crippen LogP) is 2.39. The van der Waals surface area contributed by atoms with Crippen LogP contribution in [0.5, 0.6) is 11.5 Å². The van der Waals surface area contributed by atoms with Gasteiger partial charge in [-0.2, -0.15) is 0 Å². The lowest BCUT2D eigenvalue weighted by Gasteiger charge is -2.14. The van der Waals surface area contributed by atoms with Crippen molar-refractivity contribution in [3.05, 3.63) is 22.7 Å². The summed E-state index contributed by atoms with van der Waals surface area (Å²) in [5.74, 6) is 0.119. The first kappa shape index (κ1) is 19.1. The third kappa shape index (κ3) is 5.98. The van der Waals surface area contributed by atoms with E-state index in [0.717, 1.165) is 6.42 Å². The molecular weight excluding hydrogens is 320 g/mol. The van der Waals surface area contributed by atoms with Crippen molar-refractivity contribution in [1.82, 2.24) is 10.6 Å². The van der Waals surface area contributed by atoms with Gasteiger partial charge in [-0.25, -0.2) is 0 Å². The van der Waals surface area contributed by atoms with Crippen molar-refractivity contribution in [1.29, 1.82) is 0 Å². The summed E-state index contributed by atoms with van der Waals surface area (Å²) in [4.78, 5) is 23.7. The van der Waals surface area contributed by atoms with Gasteiger partial charge in [0, 0.05) is 11.6 Å². The number of carbonyl (C=O) groups excluding carboxylic acids is 2. The highest BCUT2D eigenvalue weighted by molar-refractivity contribution is 6.32. The average Bonchev–Trinajstić information content (AvgIpc) is 2.50. The minimum atomic E-state index is -0.411. The van der Waals surface area contributed by atoms with Crippen LogP contribution < -0.4 is 20.1 Å².